The Morgan fingerprint density at radius 2 is 1.46 bits per heavy atom. The predicted octanol–water partition coefficient (Wildman–Crippen LogP) is 4.63. The monoisotopic (exact) mass is 376 g/mol. The third-order valence-corrected chi connectivity index (χ3v) is 3.62. The molecule has 26 heavy (non-hydrogen) atoms. The van der Waals surface area contributed by atoms with Crippen molar-refractivity contribution in [2.75, 3.05) is 0 Å². The van der Waals surface area contributed by atoms with Gasteiger partial charge in [-0.15, -0.1) is 0 Å². The molecular weight excluding hydrogens is 366 g/mol. The van der Waals surface area contributed by atoms with Crippen LogP contribution in [0.25, 0.3) is 0 Å². The van der Waals surface area contributed by atoms with Gasteiger partial charge >= 0.3 is 18.0 Å². The molecule has 1 aromatic heterocycles. The fraction of sp³-hybridized carbons (Fsp3) is 0.250. The first-order chi connectivity index (χ1) is 12.1. The Hall–Kier alpha value is -2.78. The molecule has 3 rings (SSSR count). The maximum absolute atomic E-state index is 13.5. The molecule has 1 aliphatic heterocycles. The highest BCUT2D eigenvalue weighted by atomic mass is 19.4. The second kappa shape index (κ2) is 5.89. The summed E-state index contributed by atoms with van der Waals surface area (Å²) in [4.78, 5) is 5.63. The third-order valence-electron chi connectivity index (χ3n) is 3.62. The summed E-state index contributed by atoms with van der Waals surface area (Å²) in [5, 5.41) is 0. The van der Waals surface area contributed by atoms with E-state index in [1.807, 2.05) is 0 Å². The maximum atomic E-state index is 13.5. The van der Waals surface area contributed by atoms with E-state index in [-0.39, 0.29) is 11.3 Å². The molecule has 0 saturated heterocycles. The molecule has 10 heteroatoms. The number of rotatable bonds is 2. The summed E-state index contributed by atoms with van der Waals surface area (Å²) in [7, 11) is 0. The van der Waals surface area contributed by atoms with Crippen LogP contribution in [-0.2, 0) is 4.74 Å². The van der Waals surface area contributed by atoms with Gasteiger partial charge in [0, 0.05) is 5.56 Å². The lowest BCUT2D eigenvalue weighted by Gasteiger charge is -2.33. The molecule has 0 unspecified atom stereocenters. The number of hydrogen-bond acceptors (Lipinski definition) is 4. The Bertz CT molecular complexity index is 852. The van der Waals surface area contributed by atoms with Crippen molar-refractivity contribution in [3.8, 4) is 0 Å². The van der Waals surface area contributed by atoms with E-state index in [1.54, 1.807) is 6.07 Å². The molecule has 0 N–H and O–H groups in total. The Morgan fingerprint density at radius 1 is 0.846 bits per heavy atom. The van der Waals surface area contributed by atoms with Crippen molar-refractivity contribution in [1.82, 2.24) is 0 Å². The van der Waals surface area contributed by atoms with Crippen LogP contribution in [0.1, 0.15) is 16.9 Å². The van der Waals surface area contributed by atoms with Crippen LogP contribution >= 0.6 is 0 Å². The molecule has 1 aliphatic rings. The van der Waals surface area contributed by atoms with E-state index in [0.717, 1.165) is 12.3 Å². The molecule has 0 saturated carbocycles. The normalized spacial score (nSPS) is 17.3. The number of hydrogen-bond donors (Lipinski definition) is 0. The minimum atomic E-state index is -5.85. The van der Waals surface area contributed by atoms with Crippen LogP contribution in [0.15, 0.2) is 57.1 Å². The van der Waals surface area contributed by atoms with Gasteiger partial charge in [-0.2, -0.15) is 31.3 Å². The van der Waals surface area contributed by atoms with E-state index in [2.05, 4.69) is 9.98 Å². The van der Waals surface area contributed by atoms with Gasteiger partial charge in [-0.25, -0.2) is 4.99 Å². The average molecular weight is 376 g/mol. The summed E-state index contributed by atoms with van der Waals surface area (Å²) < 4.78 is 90.9. The van der Waals surface area contributed by atoms with Crippen LogP contribution in [0.5, 0.6) is 0 Å². The van der Waals surface area contributed by atoms with Gasteiger partial charge in [0.25, 0.3) is 5.90 Å². The van der Waals surface area contributed by atoms with Crippen LogP contribution in [0, 0.1) is 6.92 Å². The van der Waals surface area contributed by atoms with Gasteiger partial charge in [0.2, 0.25) is 5.90 Å². The molecule has 0 spiro atoms. The summed E-state index contributed by atoms with van der Waals surface area (Å²) in [5.74, 6) is -2.19. The van der Waals surface area contributed by atoms with E-state index >= 15 is 0 Å². The standard InChI is InChI=1S/C16H10F6N2O2/c1-9-5-2-3-6-10(9)12-23-14(15(17,18)19,16(20,21)22)24-13(26-12)11-7-4-8-25-11/h2-8H,1H3. The Kier molecular flexibility index (Phi) is 4.08. The predicted molar refractivity (Wildman–Crippen MR) is 78.9 cm³/mol. The zero-order valence-electron chi connectivity index (χ0n) is 13.0. The zero-order valence-corrected chi connectivity index (χ0v) is 13.0. The first-order valence-corrected chi connectivity index (χ1v) is 7.16. The maximum Gasteiger partial charge on any atom is 0.443 e. The molecule has 0 atom stereocenters. The molecular formula is C16H10F6N2O2. The van der Waals surface area contributed by atoms with E-state index in [0.29, 0.717) is 5.56 Å². The Morgan fingerprint density at radius 3 is 2.00 bits per heavy atom. The number of halogens is 6. The lowest BCUT2D eigenvalue weighted by Crippen LogP contribution is -2.56. The van der Waals surface area contributed by atoms with Crippen LogP contribution in [0.2, 0.25) is 0 Å². The minimum absolute atomic E-state index is 0.0238. The summed E-state index contributed by atoms with van der Waals surface area (Å²) in [5.41, 5.74) is -4.34. The summed E-state index contributed by atoms with van der Waals surface area (Å²) >= 11 is 0. The first kappa shape index (κ1) is 18.0. The molecule has 0 radical (unpaired) electrons. The number of alkyl halides is 6. The third kappa shape index (κ3) is 2.85. The molecule has 0 aliphatic carbocycles. The second-order valence-corrected chi connectivity index (χ2v) is 5.40. The first-order valence-electron chi connectivity index (χ1n) is 7.16. The molecule has 138 valence electrons. The van der Waals surface area contributed by atoms with Crippen molar-refractivity contribution in [3.63, 3.8) is 0 Å². The number of aryl methyl sites for hydroxylation is 1. The molecule has 0 fully saturated rings. The largest absolute Gasteiger partial charge is 0.459 e. The van der Waals surface area contributed by atoms with Gasteiger partial charge in [-0.1, -0.05) is 18.2 Å². The number of ether oxygens (including phenoxy) is 1. The van der Waals surface area contributed by atoms with Gasteiger partial charge in [-0.3, -0.25) is 0 Å². The van der Waals surface area contributed by atoms with Gasteiger partial charge < -0.3 is 9.15 Å². The van der Waals surface area contributed by atoms with Crippen molar-refractivity contribution >= 4 is 11.8 Å². The van der Waals surface area contributed by atoms with Crippen LogP contribution in [0.4, 0.5) is 26.3 Å². The summed E-state index contributed by atoms with van der Waals surface area (Å²) in [6.07, 6.45) is -10.6. The average Bonchev–Trinajstić information content (AvgIpc) is 3.07. The van der Waals surface area contributed by atoms with Crippen molar-refractivity contribution in [1.29, 1.82) is 0 Å². The van der Waals surface area contributed by atoms with E-state index in [1.165, 1.54) is 31.2 Å². The molecule has 4 nitrogen and oxygen atoms in total. The molecule has 2 aromatic rings. The second-order valence-electron chi connectivity index (χ2n) is 5.40. The quantitative estimate of drug-likeness (QED) is 0.718. The van der Waals surface area contributed by atoms with E-state index in [4.69, 9.17) is 9.15 Å². The van der Waals surface area contributed by atoms with Crippen molar-refractivity contribution in [3.05, 3.63) is 59.5 Å². The van der Waals surface area contributed by atoms with E-state index in [9.17, 15) is 26.3 Å². The highest BCUT2D eigenvalue weighted by Gasteiger charge is 2.74. The highest BCUT2D eigenvalue weighted by molar-refractivity contribution is 6.08. The fourth-order valence-corrected chi connectivity index (χ4v) is 2.30. The van der Waals surface area contributed by atoms with Crippen molar-refractivity contribution in [2.24, 2.45) is 9.98 Å². The van der Waals surface area contributed by atoms with Gasteiger partial charge in [0.15, 0.2) is 5.76 Å². The summed E-state index contributed by atoms with van der Waals surface area (Å²) in [6, 6.07) is 8.24. The minimum Gasteiger partial charge on any atom is -0.459 e. The Balaban J connectivity index is 2.28. The SMILES string of the molecule is Cc1ccccc1C1=NC(C(F)(F)F)(C(F)(F)F)N=C(c2ccco2)O1. The molecule has 2 heterocycles. The Labute approximate surface area is 142 Å². The van der Waals surface area contributed by atoms with Crippen LogP contribution < -0.4 is 0 Å². The molecule has 0 amide bonds. The molecule has 0 bridgehead atoms. The lowest BCUT2D eigenvalue weighted by atomic mass is 10.1. The number of benzene rings is 1. The van der Waals surface area contributed by atoms with E-state index < -0.39 is 29.8 Å². The fourth-order valence-electron chi connectivity index (χ4n) is 2.30. The summed E-state index contributed by atoms with van der Waals surface area (Å²) in [6.45, 7) is 1.50. The smallest absolute Gasteiger partial charge is 0.443 e. The number of nitrogens with zero attached hydrogens (tertiary/aromatic N) is 2. The zero-order chi connectivity index (χ0) is 19.2. The van der Waals surface area contributed by atoms with Crippen molar-refractivity contribution < 1.29 is 35.5 Å². The lowest BCUT2D eigenvalue weighted by molar-refractivity contribution is -0.293. The molecule has 1 aromatic carbocycles. The van der Waals surface area contributed by atoms with Gasteiger partial charge in [0.1, 0.15) is 0 Å². The van der Waals surface area contributed by atoms with Crippen LogP contribution in [0.3, 0.4) is 0 Å². The van der Waals surface area contributed by atoms with Gasteiger partial charge in [-0.05, 0) is 30.7 Å². The van der Waals surface area contributed by atoms with Crippen molar-refractivity contribution in [2.45, 2.75) is 24.9 Å². The topological polar surface area (TPSA) is 47.1 Å². The highest BCUT2D eigenvalue weighted by Crippen LogP contribution is 2.49. The number of aliphatic imine (C=N–C) groups is 2. The van der Waals surface area contributed by atoms with Crippen LogP contribution in [-0.4, -0.2) is 29.8 Å². The van der Waals surface area contributed by atoms with Gasteiger partial charge in [0.05, 0.1) is 6.26 Å². The number of furan rings is 1.